The third-order valence-electron chi connectivity index (χ3n) is 2.54. The molecule has 5 nitrogen and oxygen atoms in total. The average molecular weight is 243 g/mol. The molecule has 2 aromatic rings. The van der Waals surface area contributed by atoms with E-state index in [4.69, 9.17) is 0 Å². The van der Waals surface area contributed by atoms with Gasteiger partial charge in [0.2, 0.25) is 0 Å². The van der Waals surface area contributed by atoms with Crippen LogP contribution in [0.5, 0.6) is 0 Å². The molecule has 0 radical (unpaired) electrons. The van der Waals surface area contributed by atoms with Gasteiger partial charge in [0.1, 0.15) is 11.5 Å². The molecule has 0 unspecified atom stereocenters. The van der Waals surface area contributed by atoms with Crippen molar-refractivity contribution in [3.05, 3.63) is 30.4 Å². The summed E-state index contributed by atoms with van der Waals surface area (Å²) in [5, 5.41) is 3.05. The minimum atomic E-state index is -0.0362. The van der Waals surface area contributed by atoms with Crippen LogP contribution in [0.4, 0.5) is 5.82 Å². The zero-order valence-electron chi connectivity index (χ0n) is 11.1. The second-order valence-corrected chi connectivity index (χ2v) is 5.05. The molecule has 0 fully saturated rings. The van der Waals surface area contributed by atoms with Crippen molar-refractivity contribution in [1.82, 2.24) is 19.9 Å². The predicted octanol–water partition coefficient (Wildman–Crippen LogP) is 2.27. The van der Waals surface area contributed by atoms with E-state index in [-0.39, 0.29) is 5.41 Å². The topological polar surface area (TPSA) is 63.6 Å². The van der Waals surface area contributed by atoms with Crippen LogP contribution in [-0.2, 0) is 5.41 Å². The number of nitrogens with one attached hydrogen (secondary N) is 1. The Morgan fingerprint density at radius 3 is 2.44 bits per heavy atom. The largest absolute Gasteiger partial charge is 0.373 e. The van der Waals surface area contributed by atoms with Crippen molar-refractivity contribution in [3.8, 4) is 11.5 Å². The summed E-state index contributed by atoms with van der Waals surface area (Å²) in [5.41, 5.74) is 1.62. The van der Waals surface area contributed by atoms with Crippen LogP contribution in [0.25, 0.3) is 11.5 Å². The zero-order valence-corrected chi connectivity index (χ0v) is 11.1. The van der Waals surface area contributed by atoms with Crippen molar-refractivity contribution in [1.29, 1.82) is 0 Å². The number of rotatable bonds is 2. The Morgan fingerprint density at radius 2 is 1.89 bits per heavy atom. The van der Waals surface area contributed by atoms with Gasteiger partial charge < -0.3 is 5.32 Å². The van der Waals surface area contributed by atoms with Gasteiger partial charge in [-0.2, -0.15) is 0 Å². The van der Waals surface area contributed by atoms with Crippen molar-refractivity contribution in [2.24, 2.45) is 0 Å². The van der Waals surface area contributed by atoms with Crippen LogP contribution < -0.4 is 5.32 Å². The maximum atomic E-state index is 4.57. The maximum Gasteiger partial charge on any atom is 0.182 e. The van der Waals surface area contributed by atoms with Gasteiger partial charge in [-0.1, -0.05) is 20.8 Å². The molecule has 0 aliphatic carbocycles. The predicted molar refractivity (Wildman–Crippen MR) is 71.3 cm³/mol. The third-order valence-corrected chi connectivity index (χ3v) is 2.54. The molecule has 18 heavy (non-hydrogen) atoms. The van der Waals surface area contributed by atoms with Crippen LogP contribution in [-0.4, -0.2) is 27.0 Å². The Balaban J connectivity index is 2.55. The molecule has 2 aromatic heterocycles. The van der Waals surface area contributed by atoms with E-state index < -0.39 is 0 Å². The summed E-state index contributed by atoms with van der Waals surface area (Å²) in [4.78, 5) is 17.3. The highest BCUT2D eigenvalue weighted by Gasteiger charge is 2.18. The van der Waals surface area contributed by atoms with Gasteiger partial charge in [-0.3, -0.25) is 4.98 Å². The van der Waals surface area contributed by atoms with Gasteiger partial charge in [0.05, 0.1) is 11.9 Å². The van der Waals surface area contributed by atoms with Crippen LogP contribution in [0.15, 0.2) is 24.7 Å². The second-order valence-electron chi connectivity index (χ2n) is 5.05. The van der Waals surface area contributed by atoms with Crippen molar-refractivity contribution in [3.63, 3.8) is 0 Å². The third kappa shape index (κ3) is 2.61. The highest BCUT2D eigenvalue weighted by atomic mass is 15.0. The smallest absolute Gasteiger partial charge is 0.182 e. The molecule has 1 N–H and O–H groups in total. The van der Waals surface area contributed by atoms with Crippen LogP contribution in [0.3, 0.4) is 0 Å². The van der Waals surface area contributed by atoms with E-state index in [0.717, 1.165) is 11.5 Å². The molecular weight excluding hydrogens is 226 g/mol. The molecule has 2 heterocycles. The maximum absolute atomic E-state index is 4.57. The van der Waals surface area contributed by atoms with E-state index >= 15 is 0 Å². The lowest BCUT2D eigenvalue weighted by Crippen LogP contribution is -2.15. The molecule has 0 aromatic carbocycles. The summed E-state index contributed by atoms with van der Waals surface area (Å²) in [7, 11) is 1.84. The summed E-state index contributed by atoms with van der Waals surface area (Å²) in [6.45, 7) is 6.36. The molecule has 0 bridgehead atoms. The molecule has 0 spiro atoms. The Kier molecular flexibility index (Phi) is 3.23. The van der Waals surface area contributed by atoms with Crippen LogP contribution in [0.2, 0.25) is 0 Å². The molecule has 0 aliphatic heterocycles. The number of aromatic nitrogens is 4. The average Bonchev–Trinajstić information content (AvgIpc) is 2.38. The molecule has 0 atom stereocenters. The fourth-order valence-corrected chi connectivity index (χ4v) is 1.49. The van der Waals surface area contributed by atoms with Crippen molar-refractivity contribution in [2.45, 2.75) is 26.2 Å². The summed E-state index contributed by atoms with van der Waals surface area (Å²) < 4.78 is 0. The summed E-state index contributed by atoms with van der Waals surface area (Å²) in [6.07, 6.45) is 4.94. The standard InChI is InChI=1S/C13H17N5/c1-13(2,3)10-7-11(14-4)18-12(17-10)9-8-15-5-6-16-9/h5-8H,1-4H3,(H,14,17,18). The lowest BCUT2D eigenvalue weighted by molar-refractivity contribution is 0.568. The lowest BCUT2D eigenvalue weighted by atomic mass is 9.92. The highest BCUT2D eigenvalue weighted by Crippen LogP contribution is 2.24. The van der Waals surface area contributed by atoms with Crippen molar-refractivity contribution < 1.29 is 0 Å². The highest BCUT2D eigenvalue weighted by molar-refractivity contribution is 5.52. The molecular formula is C13H17N5. The van der Waals surface area contributed by atoms with E-state index in [1.54, 1.807) is 18.6 Å². The number of anilines is 1. The van der Waals surface area contributed by atoms with Gasteiger partial charge in [0.15, 0.2) is 5.82 Å². The van der Waals surface area contributed by atoms with Gasteiger partial charge in [0, 0.05) is 30.9 Å². The van der Waals surface area contributed by atoms with Crippen molar-refractivity contribution in [2.75, 3.05) is 12.4 Å². The minimum Gasteiger partial charge on any atom is -0.373 e. The van der Waals surface area contributed by atoms with Gasteiger partial charge in [-0.05, 0) is 0 Å². The second kappa shape index (κ2) is 4.68. The fourth-order valence-electron chi connectivity index (χ4n) is 1.49. The van der Waals surface area contributed by atoms with Crippen LogP contribution in [0.1, 0.15) is 26.5 Å². The number of hydrogen-bond acceptors (Lipinski definition) is 5. The Labute approximate surface area is 107 Å². The molecule has 5 heteroatoms. The first-order valence-electron chi connectivity index (χ1n) is 5.84. The Morgan fingerprint density at radius 1 is 1.11 bits per heavy atom. The minimum absolute atomic E-state index is 0.0362. The number of nitrogens with zero attached hydrogens (tertiary/aromatic N) is 4. The fraction of sp³-hybridized carbons (Fsp3) is 0.385. The first-order valence-corrected chi connectivity index (χ1v) is 5.84. The Bertz CT molecular complexity index is 531. The van der Waals surface area contributed by atoms with E-state index in [2.05, 4.69) is 46.0 Å². The molecule has 0 amide bonds. The summed E-state index contributed by atoms with van der Waals surface area (Å²) in [6, 6.07) is 1.96. The van der Waals surface area contributed by atoms with Gasteiger partial charge in [0.25, 0.3) is 0 Å². The summed E-state index contributed by atoms with van der Waals surface area (Å²) >= 11 is 0. The molecule has 2 rings (SSSR count). The first-order chi connectivity index (χ1) is 8.50. The molecule has 94 valence electrons. The lowest BCUT2D eigenvalue weighted by Gasteiger charge is -2.19. The SMILES string of the molecule is CNc1cc(C(C)(C)C)nc(-c2cnccn2)n1. The van der Waals surface area contributed by atoms with E-state index in [1.807, 2.05) is 13.1 Å². The van der Waals surface area contributed by atoms with E-state index in [9.17, 15) is 0 Å². The molecule has 0 saturated carbocycles. The van der Waals surface area contributed by atoms with Gasteiger partial charge >= 0.3 is 0 Å². The van der Waals surface area contributed by atoms with Crippen molar-refractivity contribution >= 4 is 5.82 Å². The van der Waals surface area contributed by atoms with E-state index in [0.29, 0.717) is 11.5 Å². The molecule has 0 saturated heterocycles. The van der Waals surface area contributed by atoms with Crippen LogP contribution in [0, 0.1) is 0 Å². The van der Waals surface area contributed by atoms with Crippen LogP contribution >= 0.6 is 0 Å². The number of hydrogen-bond donors (Lipinski definition) is 1. The quantitative estimate of drug-likeness (QED) is 0.876. The zero-order chi connectivity index (χ0) is 13.2. The van der Waals surface area contributed by atoms with Gasteiger partial charge in [-0.15, -0.1) is 0 Å². The first kappa shape index (κ1) is 12.4. The monoisotopic (exact) mass is 243 g/mol. The summed E-state index contributed by atoms with van der Waals surface area (Å²) in [5.74, 6) is 1.38. The van der Waals surface area contributed by atoms with E-state index in [1.165, 1.54) is 0 Å². The normalized spacial score (nSPS) is 11.3. The molecule has 0 aliphatic rings. The van der Waals surface area contributed by atoms with Gasteiger partial charge in [-0.25, -0.2) is 15.0 Å². The Hall–Kier alpha value is -2.04.